The van der Waals surface area contributed by atoms with Crippen LogP contribution in [0.15, 0.2) is 24.3 Å². The van der Waals surface area contributed by atoms with Crippen LogP contribution in [0.4, 0.5) is 5.69 Å². The van der Waals surface area contributed by atoms with Crippen molar-refractivity contribution in [3.8, 4) is 5.75 Å². The Morgan fingerprint density at radius 1 is 1.47 bits per heavy atom. The number of ether oxygens (including phenoxy) is 1. The molecule has 1 fully saturated rings. The van der Waals surface area contributed by atoms with Gasteiger partial charge < -0.3 is 15.4 Å². The van der Waals surface area contributed by atoms with Crippen molar-refractivity contribution >= 4 is 11.6 Å². The van der Waals surface area contributed by atoms with Crippen molar-refractivity contribution in [2.75, 3.05) is 19.0 Å². The quantitative estimate of drug-likeness (QED) is 0.775. The van der Waals surface area contributed by atoms with Crippen molar-refractivity contribution in [2.24, 2.45) is 0 Å². The number of anilines is 1. The van der Waals surface area contributed by atoms with Crippen LogP contribution in [0.2, 0.25) is 0 Å². The fraction of sp³-hybridized carbons (Fsp3) is 0.364. The minimum atomic E-state index is -0.0212. The molecule has 1 aromatic rings. The van der Waals surface area contributed by atoms with Crippen molar-refractivity contribution < 1.29 is 9.53 Å². The first-order valence-electron chi connectivity index (χ1n) is 4.98. The van der Waals surface area contributed by atoms with Crippen LogP contribution in [-0.4, -0.2) is 25.6 Å². The Kier molecular flexibility index (Phi) is 2.87. The molecule has 1 aliphatic heterocycles. The van der Waals surface area contributed by atoms with E-state index < -0.39 is 0 Å². The highest BCUT2D eigenvalue weighted by Gasteiger charge is 2.24. The molecule has 1 aromatic carbocycles. The summed E-state index contributed by atoms with van der Waals surface area (Å²) in [5.41, 5.74) is 0.800. The Morgan fingerprint density at radius 2 is 2.13 bits per heavy atom. The van der Waals surface area contributed by atoms with E-state index in [4.69, 9.17) is 4.74 Å². The van der Waals surface area contributed by atoms with Crippen molar-refractivity contribution in [3.63, 3.8) is 0 Å². The van der Waals surface area contributed by atoms with Gasteiger partial charge in [-0.3, -0.25) is 4.79 Å². The highest BCUT2D eigenvalue weighted by molar-refractivity contribution is 5.95. The smallest absolute Gasteiger partial charge is 0.241 e. The third kappa shape index (κ3) is 2.27. The van der Waals surface area contributed by atoms with Crippen molar-refractivity contribution in [1.29, 1.82) is 0 Å². The minimum absolute atomic E-state index is 0.0212. The maximum Gasteiger partial charge on any atom is 0.241 e. The molecule has 1 heterocycles. The lowest BCUT2D eigenvalue weighted by molar-refractivity contribution is -0.119. The van der Waals surface area contributed by atoms with Crippen LogP contribution in [0.5, 0.6) is 5.75 Å². The Labute approximate surface area is 88.6 Å². The predicted octanol–water partition coefficient (Wildman–Crippen LogP) is 0.996. The highest BCUT2D eigenvalue weighted by atomic mass is 16.5. The summed E-state index contributed by atoms with van der Waals surface area (Å²) in [6.45, 7) is 0.931. The molecule has 2 N–H and O–H groups in total. The zero-order valence-electron chi connectivity index (χ0n) is 8.62. The summed E-state index contributed by atoms with van der Waals surface area (Å²) in [4.78, 5) is 11.5. The standard InChI is InChI=1S/C11H14N2O2/c1-15-9-4-2-8(3-5-9)13-11(14)10-6-7-12-10/h2-5,10,12H,6-7H2,1H3,(H,13,14)/t10-/m1/s1. The zero-order valence-corrected chi connectivity index (χ0v) is 8.62. The number of hydrogen-bond donors (Lipinski definition) is 2. The van der Waals surface area contributed by atoms with Gasteiger partial charge in [-0.1, -0.05) is 0 Å². The summed E-state index contributed by atoms with van der Waals surface area (Å²) < 4.78 is 5.03. The normalized spacial score (nSPS) is 19.1. The second-order valence-electron chi connectivity index (χ2n) is 3.51. The number of rotatable bonds is 3. The van der Waals surface area contributed by atoms with Crippen LogP contribution in [0.1, 0.15) is 6.42 Å². The summed E-state index contributed by atoms with van der Waals surface area (Å²) in [5, 5.41) is 5.89. The van der Waals surface area contributed by atoms with Gasteiger partial charge in [-0.05, 0) is 37.2 Å². The second-order valence-corrected chi connectivity index (χ2v) is 3.51. The largest absolute Gasteiger partial charge is 0.497 e. The van der Waals surface area contributed by atoms with Gasteiger partial charge >= 0.3 is 0 Å². The lowest BCUT2D eigenvalue weighted by atomic mass is 10.1. The Balaban J connectivity index is 1.94. The first-order chi connectivity index (χ1) is 7.29. The summed E-state index contributed by atoms with van der Waals surface area (Å²) in [6.07, 6.45) is 0.919. The van der Waals surface area contributed by atoms with Crippen LogP contribution in [0.25, 0.3) is 0 Å². The number of benzene rings is 1. The van der Waals surface area contributed by atoms with Crippen LogP contribution >= 0.6 is 0 Å². The molecule has 2 rings (SSSR count). The van der Waals surface area contributed by atoms with Gasteiger partial charge in [-0.25, -0.2) is 0 Å². The molecule has 15 heavy (non-hydrogen) atoms. The van der Waals surface area contributed by atoms with Crippen molar-refractivity contribution in [1.82, 2.24) is 5.32 Å². The summed E-state index contributed by atoms with van der Waals surface area (Å²) in [5.74, 6) is 0.821. The van der Waals surface area contributed by atoms with E-state index in [1.54, 1.807) is 7.11 Å². The molecular weight excluding hydrogens is 192 g/mol. The van der Waals surface area contributed by atoms with Gasteiger partial charge in [0.1, 0.15) is 5.75 Å². The Hall–Kier alpha value is -1.55. The molecule has 1 aliphatic rings. The average molecular weight is 206 g/mol. The highest BCUT2D eigenvalue weighted by Crippen LogP contribution is 2.15. The first kappa shape index (κ1) is 9.98. The Morgan fingerprint density at radius 3 is 2.60 bits per heavy atom. The average Bonchev–Trinajstić information content (AvgIpc) is 2.16. The number of nitrogens with one attached hydrogen (secondary N) is 2. The third-order valence-electron chi connectivity index (χ3n) is 2.50. The lowest BCUT2D eigenvalue weighted by Crippen LogP contribution is -2.50. The molecule has 0 aliphatic carbocycles. The van der Waals surface area contributed by atoms with Gasteiger partial charge in [0, 0.05) is 5.69 Å². The van der Waals surface area contributed by atoms with E-state index in [2.05, 4.69) is 10.6 Å². The number of hydrogen-bond acceptors (Lipinski definition) is 3. The molecule has 0 bridgehead atoms. The summed E-state index contributed by atoms with van der Waals surface area (Å²) >= 11 is 0. The van der Waals surface area contributed by atoms with Crippen molar-refractivity contribution in [2.45, 2.75) is 12.5 Å². The van der Waals surface area contributed by atoms with Crippen LogP contribution in [0.3, 0.4) is 0 Å². The molecule has 1 saturated heterocycles. The maximum absolute atomic E-state index is 11.5. The fourth-order valence-corrected chi connectivity index (χ4v) is 1.42. The van der Waals surface area contributed by atoms with Crippen LogP contribution in [-0.2, 0) is 4.79 Å². The van der Waals surface area contributed by atoms with Gasteiger partial charge in [-0.2, -0.15) is 0 Å². The van der Waals surface area contributed by atoms with Crippen LogP contribution < -0.4 is 15.4 Å². The van der Waals surface area contributed by atoms with Gasteiger partial charge in [0.05, 0.1) is 13.2 Å². The molecule has 1 amide bonds. The molecule has 0 unspecified atom stereocenters. The van der Waals surface area contributed by atoms with E-state index in [0.29, 0.717) is 0 Å². The van der Waals surface area contributed by atoms with Gasteiger partial charge in [0.25, 0.3) is 0 Å². The molecule has 0 radical (unpaired) electrons. The SMILES string of the molecule is COc1ccc(NC(=O)[C@H]2CCN2)cc1. The predicted molar refractivity (Wildman–Crippen MR) is 58.0 cm³/mol. The maximum atomic E-state index is 11.5. The molecule has 1 atom stereocenters. The van der Waals surface area contributed by atoms with E-state index in [0.717, 1.165) is 24.4 Å². The van der Waals surface area contributed by atoms with Crippen LogP contribution in [0, 0.1) is 0 Å². The second kappa shape index (κ2) is 4.31. The molecule has 80 valence electrons. The number of carbonyl (C=O) groups excluding carboxylic acids is 1. The first-order valence-corrected chi connectivity index (χ1v) is 4.98. The number of amides is 1. The van der Waals surface area contributed by atoms with Crippen molar-refractivity contribution in [3.05, 3.63) is 24.3 Å². The molecular formula is C11H14N2O2. The molecule has 0 aromatic heterocycles. The topological polar surface area (TPSA) is 50.4 Å². The minimum Gasteiger partial charge on any atom is -0.497 e. The van der Waals surface area contributed by atoms with E-state index in [-0.39, 0.29) is 11.9 Å². The van der Waals surface area contributed by atoms with Gasteiger partial charge in [0.15, 0.2) is 0 Å². The lowest BCUT2D eigenvalue weighted by Gasteiger charge is -2.26. The van der Waals surface area contributed by atoms with E-state index in [9.17, 15) is 4.79 Å². The molecule has 4 nitrogen and oxygen atoms in total. The fourth-order valence-electron chi connectivity index (χ4n) is 1.42. The van der Waals surface area contributed by atoms with E-state index in [1.165, 1.54) is 0 Å². The molecule has 4 heteroatoms. The van der Waals surface area contributed by atoms with Gasteiger partial charge in [0.2, 0.25) is 5.91 Å². The zero-order chi connectivity index (χ0) is 10.7. The number of carbonyl (C=O) groups is 1. The Bertz CT molecular complexity index is 344. The van der Waals surface area contributed by atoms with Gasteiger partial charge in [-0.15, -0.1) is 0 Å². The number of methoxy groups -OCH3 is 1. The summed E-state index contributed by atoms with van der Waals surface area (Å²) in [6, 6.07) is 7.28. The molecule has 0 spiro atoms. The summed E-state index contributed by atoms with van der Waals surface area (Å²) in [7, 11) is 1.62. The third-order valence-corrected chi connectivity index (χ3v) is 2.50. The van der Waals surface area contributed by atoms with E-state index in [1.807, 2.05) is 24.3 Å². The van der Waals surface area contributed by atoms with E-state index >= 15 is 0 Å². The molecule has 0 saturated carbocycles. The monoisotopic (exact) mass is 206 g/mol.